The first-order valence-electron chi connectivity index (χ1n) is 7.21. The smallest absolute Gasteiger partial charge is 0.285 e. The van der Waals surface area contributed by atoms with Crippen molar-refractivity contribution >= 4 is 23.2 Å². The highest BCUT2D eigenvalue weighted by molar-refractivity contribution is 7.10. The third-order valence-corrected chi connectivity index (χ3v) is 4.47. The summed E-state index contributed by atoms with van der Waals surface area (Å²) in [5.41, 5.74) is 1.54. The molecule has 1 aromatic carbocycles. The molecule has 0 unspecified atom stereocenters. The molecule has 22 heavy (non-hydrogen) atoms. The Kier molecular flexibility index (Phi) is 4.34. The Morgan fingerprint density at radius 2 is 2.14 bits per heavy atom. The van der Waals surface area contributed by atoms with Crippen LogP contribution in [0.25, 0.3) is 10.4 Å². The van der Waals surface area contributed by atoms with Gasteiger partial charge < -0.3 is 5.32 Å². The summed E-state index contributed by atoms with van der Waals surface area (Å²) in [4.78, 5) is 17.6. The molecule has 0 aliphatic rings. The average molecular weight is 315 g/mol. The molecular weight excluding hydrogens is 298 g/mol. The van der Waals surface area contributed by atoms with Crippen LogP contribution < -0.4 is 10.9 Å². The van der Waals surface area contributed by atoms with Gasteiger partial charge in [0.1, 0.15) is 12.0 Å². The Balaban J connectivity index is 2.04. The van der Waals surface area contributed by atoms with Crippen LogP contribution in [0, 0.1) is 0 Å². The molecule has 0 bridgehead atoms. The van der Waals surface area contributed by atoms with Crippen LogP contribution in [0.3, 0.4) is 0 Å². The second kappa shape index (κ2) is 6.57. The average Bonchev–Trinajstić information content (AvgIpc) is 3.16. The van der Waals surface area contributed by atoms with E-state index in [4.69, 9.17) is 0 Å². The van der Waals surface area contributed by atoms with Crippen LogP contribution >= 0.6 is 11.5 Å². The molecule has 0 fully saturated rings. The van der Waals surface area contributed by atoms with Crippen molar-refractivity contribution in [1.29, 1.82) is 0 Å². The first kappa shape index (κ1) is 14.5. The van der Waals surface area contributed by atoms with Crippen LogP contribution in [0.1, 0.15) is 19.8 Å². The SMILES string of the molecule is CCCCn1sc(-c2ccccc2)c(Nc2ncn[nH]2)c1=O. The van der Waals surface area contributed by atoms with Gasteiger partial charge >= 0.3 is 0 Å². The summed E-state index contributed by atoms with van der Waals surface area (Å²) in [6.45, 7) is 2.85. The van der Waals surface area contributed by atoms with Crippen molar-refractivity contribution in [2.24, 2.45) is 0 Å². The number of anilines is 2. The zero-order valence-corrected chi connectivity index (χ0v) is 13.1. The molecule has 0 amide bonds. The number of hydrogen-bond donors (Lipinski definition) is 2. The fraction of sp³-hybridized carbons (Fsp3) is 0.267. The molecule has 2 N–H and O–H groups in total. The van der Waals surface area contributed by atoms with Gasteiger partial charge in [-0.3, -0.25) is 8.75 Å². The minimum Gasteiger partial charge on any atom is -0.319 e. The molecule has 0 saturated heterocycles. The van der Waals surface area contributed by atoms with Crippen LogP contribution in [-0.4, -0.2) is 19.1 Å². The van der Waals surface area contributed by atoms with E-state index in [1.165, 1.54) is 17.9 Å². The zero-order valence-electron chi connectivity index (χ0n) is 12.2. The van der Waals surface area contributed by atoms with Gasteiger partial charge in [-0.2, -0.15) is 10.1 Å². The molecule has 6 nitrogen and oxygen atoms in total. The zero-order chi connectivity index (χ0) is 15.4. The number of nitrogens with one attached hydrogen (secondary N) is 2. The van der Waals surface area contributed by atoms with E-state index in [2.05, 4.69) is 27.4 Å². The monoisotopic (exact) mass is 315 g/mol. The quantitative estimate of drug-likeness (QED) is 0.732. The van der Waals surface area contributed by atoms with E-state index in [0.29, 0.717) is 11.6 Å². The molecular formula is C15H17N5OS. The number of H-pyrrole nitrogens is 1. The summed E-state index contributed by atoms with van der Waals surface area (Å²) >= 11 is 1.48. The lowest BCUT2D eigenvalue weighted by Crippen LogP contribution is -2.16. The predicted molar refractivity (Wildman–Crippen MR) is 88.6 cm³/mol. The summed E-state index contributed by atoms with van der Waals surface area (Å²) in [6, 6.07) is 9.90. The highest BCUT2D eigenvalue weighted by atomic mass is 32.1. The number of aromatic amines is 1. The molecule has 0 atom stereocenters. The highest BCUT2D eigenvalue weighted by Crippen LogP contribution is 2.31. The number of hydrogen-bond acceptors (Lipinski definition) is 5. The molecule has 2 aromatic heterocycles. The van der Waals surface area contributed by atoms with Gasteiger partial charge in [0, 0.05) is 6.54 Å². The van der Waals surface area contributed by atoms with Gasteiger partial charge in [-0.05, 0) is 12.0 Å². The van der Waals surface area contributed by atoms with Gasteiger partial charge in [0.2, 0.25) is 5.95 Å². The van der Waals surface area contributed by atoms with E-state index in [9.17, 15) is 4.79 Å². The third-order valence-electron chi connectivity index (χ3n) is 3.28. The van der Waals surface area contributed by atoms with Crippen molar-refractivity contribution in [3.8, 4) is 10.4 Å². The molecule has 0 saturated carbocycles. The highest BCUT2D eigenvalue weighted by Gasteiger charge is 2.17. The third kappa shape index (κ3) is 2.94. The van der Waals surface area contributed by atoms with E-state index in [-0.39, 0.29) is 5.56 Å². The molecule has 7 heteroatoms. The predicted octanol–water partition coefficient (Wildman–Crippen LogP) is 3.24. The summed E-state index contributed by atoms with van der Waals surface area (Å²) in [6.07, 6.45) is 3.44. The summed E-state index contributed by atoms with van der Waals surface area (Å²) < 4.78 is 1.80. The molecule has 3 rings (SSSR count). The van der Waals surface area contributed by atoms with Crippen molar-refractivity contribution < 1.29 is 0 Å². The number of benzene rings is 1. The summed E-state index contributed by atoms with van der Waals surface area (Å²) in [5.74, 6) is 0.467. The number of nitrogens with zero attached hydrogens (tertiary/aromatic N) is 3. The molecule has 0 aliphatic heterocycles. The minimum absolute atomic E-state index is 0.0197. The van der Waals surface area contributed by atoms with Crippen molar-refractivity contribution in [2.75, 3.05) is 5.32 Å². The van der Waals surface area contributed by atoms with E-state index in [1.807, 2.05) is 30.3 Å². The summed E-state index contributed by atoms with van der Waals surface area (Å²) in [7, 11) is 0. The molecule has 0 spiro atoms. The maximum Gasteiger partial charge on any atom is 0.285 e. The number of unbranched alkanes of at least 4 members (excludes halogenated alkanes) is 1. The van der Waals surface area contributed by atoms with Gasteiger partial charge in [-0.15, -0.1) is 0 Å². The van der Waals surface area contributed by atoms with Gasteiger partial charge in [-0.1, -0.05) is 55.2 Å². The molecule has 114 valence electrons. The maximum atomic E-state index is 12.6. The Hall–Kier alpha value is -2.41. The number of aromatic nitrogens is 4. The van der Waals surface area contributed by atoms with Crippen molar-refractivity contribution in [3.05, 3.63) is 47.0 Å². The van der Waals surface area contributed by atoms with Gasteiger partial charge in [0.05, 0.1) is 4.88 Å². The minimum atomic E-state index is -0.0197. The van der Waals surface area contributed by atoms with Crippen molar-refractivity contribution in [3.63, 3.8) is 0 Å². The van der Waals surface area contributed by atoms with Gasteiger partial charge in [-0.25, -0.2) is 5.10 Å². The van der Waals surface area contributed by atoms with Crippen LogP contribution in [0.4, 0.5) is 11.6 Å². The lowest BCUT2D eigenvalue weighted by molar-refractivity contribution is 0.659. The Morgan fingerprint density at radius 1 is 1.32 bits per heavy atom. The lowest BCUT2D eigenvalue weighted by Gasteiger charge is -2.02. The van der Waals surface area contributed by atoms with Gasteiger partial charge in [0.15, 0.2) is 0 Å². The first-order chi connectivity index (χ1) is 10.8. The molecule has 2 heterocycles. The van der Waals surface area contributed by atoms with Crippen LogP contribution in [0.15, 0.2) is 41.5 Å². The Labute approximate surface area is 132 Å². The number of aryl methyl sites for hydroxylation is 1. The molecule has 0 aliphatic carbocycles. The second-order valence-electron chi connectivity index (χ2n) is 4.88. The largest absolute Gasteiger partial charge is 0.319 e. The van der Waals surface area contributed by atoms with Crippen LogP contribution in [-0.2, 0) is 6.54 Å². The van der Waals surface area contributed by atoms with Crippen molar-refractivity contribution in [2.45, 2.75) is 26.3 Å². The maximum absolute atomic E-state index is 12.6. The lowest BCUT2D eigenvalue weighted by atomic mass is 10.2. The topological polar surface area (TPSA) is 75.6 Å². The number of rotatable bonds is 6. The van der Waals surface area contributed by atoms with Gasteiger partial charge in [0.25, 0.3) is 5.56 Å². The van der Waals surface area contributed by atoms with E-state index in [0.717, 1.165) is 29.8 Å². The molecule has 0 radical (unpaired) electrons. The van der Waals surface area contributed by atoms with Crippen molar-refractivity contribution in [1.82, 2.24) is 19.1 Å². The Morgan fingerprint density at radius 3 is 2.82 bits per heavy atom. The normalized spacial score (nSPS) is 10.8. The Bertz CT molecular complexity index is 776. The second-order valence-corrected chi connectivity index (χ2v) is 5.91. The standard InChI is InChI=1S/C15H17N5OS/c1-2-3-9-20-14(21)12(18-15-16-10-17-19-15)13(22-20)11-7-5-4-6-8-11/h4-8,10H,2-3,9H2,1H3,(H2,16,17,18,19). The molecule has 3 aromatic rings. The fourth-order valence-corrected chi connectivity index (χ4v) is 3.24. The fourth-order valence-electron chi connectivity index (χ4n) is 2.15. The van der Waals surface area contributed by atoms with E-state index >= 15 is 0 Å². The summed E-state index contributed by atoms with van der Waals surface area (Å²) in [5, 5.41) is 9.60. The first-order valence-corrected chi connectivity index (χ1v) is 7.99. The van der Waals surface area contributed by atoms with Crippen LogP contribution in [0.2, 0.25) is 0 Å². The van der Waals surface area contributed by atoms with E-state index < -0.39 is 0 Å². The van der Waals surface area contributed by atoms with Crippen LogP contribution in [0.5, 0.6) is 0 Å². The van der Waals surface area contributed by atoms with E-state index in [1.54, 1.807) is 3.96 Å².